The number of hydrogen-bond donors (Lipinski definition) is 2. The number of nitriles is 1. The van der Waals surface area contributed by atoms with E-state index in [2.05, 4.69) is 25.5 Å². The number of rotatable bonds is 6. The van der Waals surface area contributed by atoms with Gasteiger partial charge in [0.1, 0.15) is 17.9 Å². The van der Waals surface area contributed by atoms with Crippen LogP contribution in [0.5, 0.6) is 5.75 Å². The number of benzene rings is 1. The van der Waals surface area contributed by atoms with Crippen molar-refractivity contribution in [1.29, 1.82) is 5.26 Å². The molecule has 2 aromatic rings. The maximum absolute atomic E-state index is 12.8. The quantitative estimate of drug-likeness (QED) is 0.578. The van der Waals surface area contributed by atoms with Gasteiger partial charge in [0.25, 0.3) is 0 Å². The highest BCUT2D eigenvalue weighted by molar-refractivity contribution is 6.31. The molecule has 1 amide bonds. The van der Waals surface area contributed by atoms with Gasteiger partial charge in [0.15, 0.2) is 0 Å². The molecule has 2 unspecified atom stereocenters. The number of hydroxylamine groups is 2. The lowest BCUT2D eigenvalue weighted by atomic mass is 10.1. The Hall–Kier alpha value is -3.17. The van der Waals surface area contributed by atoms with Crippen LogP contribution >= 0.6 is 11.6 Å². The molecule has 1 aromatic carbocycles. The zero-order valence-electron chi connectivity index (χ0n) is 20.7. The first-order valence-electron chi connectivity index (χ1n) is 12.4. The molecule has 2 atom stereocenters. The summed E-state index contributed by atoms with van der Waals surface area (Å²) in [6.45, 7) is 3.67. The molecule has 3 aliphatic heterocycles. The van der Waals surface area contributed by atoms with E-state index in [-0.39, 0.29) is 12.1 Å². The SMILES string of the molecule is CN1CC(NC(=O)ON2CCc3cnc(NC4CCOCC4)nc3C2)C(Oc2ccc(C#N)c(Cl)c2)C1. The van der Waals surface area contributed by atoms with Crippen LogP contribution in [0.15, 0.2) is 24.4 Å². The molecule has 2 fully saturated rings. The Morgan fingerprint density at radius 1 is 1.30 bits per heavy atom. The fourth-order valence-corrected chi connectivity index (χ4v) is 5.01. The summed E-state index contributed by atoms with van der Waals surface area (Å²) in [5, 5.41) is 17.4. The van der Waals surface area contributed by atoms with Crippen molar-refractivity contribution in [2.75, 3.05) is 45.2 Å². The van der Waals surface area contributed by atoms with Crippen LogP contribution in [-0.4, -0.2) is 84.1 Å². The highest BCUT2D eigenvalue weighted by Gasteiger charge is 2.35. The lowest BCUT2D eigenvalue weighted by molar-refractivity contribution is -0.113. The van der Waals surface area contributed by atoms with Crippen molar-refractivity contribution in [3.63, 3.8) is 0 Å². The van der Waals surface area contributed by atoms with E-state index in [1.54, 1.807) is 23.3 Å². The third-order valence-corrected chi connectivity index (χ3v) is 7.09. The number of likely N-dealkylation sites (N-methyl/N-ethyl adjacent to an activating group) is 1. The van der Waals surface area contributed by atoms with Gasteiger partial charge in [-0.2, -0.15) is 5.26 Å². The Bertz CT molecular complexity index is 1170. The second-order valence-electron chi connectivity index (χ2n) is 9.57. The summed E-state index contributed by atoms with van der Waals surface area (Å²) in [5.41, 5.74) is 2.29. The number of hydrogen-bond acceptors (Lipinski definition) is 10. The Labute approximate surface area is 220 Å². The van der Waals surface area contributed by atoms with Crippen molar-refractivity contribution in [1.82, 2.24) is 25.2 Å². The number of halogens is 1. The van der Waals surface area contributed by atoms with E-state index in [9.17, 15) is 4.79 Å². The Morgan fingerprint density at radius 2 is 2.14 bits per heavy atom. The van der Waals surface area contributed by atoms with Crippen LogP contribution in [0.25, 0.3) is 0 Å². The van der Waals surface area contributed by atoms with Crippen LogP contribution in [0.2, 0.25) is 5.02 Å². The Balaban J connectivity index is 1.16. The molecule has 2 N–H and O–H groups in total. The maximum Gasteiger partial charge on any atom is 0.426 e. The number of carbonyl (C=O) groups excluding carboxylic acids is 1. The number of anilines is 1. The largest absolute Gasteiger partial charge is 0.487 e. The van der Waals surface area contributed by atoms with Crippen LogP contribution in [0.4, 0.5) is 10.7 Å². The highest BCUT2D eigenvalue weighted by Crippen LogP contribution is 2.25. The lowest BCUT2D eigenvalue weighted by Crippen LogP contribution is -2.47. The van der Waals surface area contributed by atoms with Crippen molar-refractivity contribution in [3.8, 4) is 11.8 Å². The van der Waals surface area contributed by atoms with E-state index in [0.717, 1.165) is 37.3 Å². The second kappa shape index (κ2) is 11.5. The number of amides is 1. The topological polar surface area (TPSA) is 125 Å². The van der Waals surface area contributed by atoms with Crippen molar-refractivity contribution in [3.05, 3.63) is 46.2 Å². The maximum atomic E-state index is 12.8. The summed E-state index contributed by atoms with van der Waals surface area (Å²) >= 11 is 6.14. The monoisotopic (exact) mass is 527 g/mol. The molecule has 12 heteroatoms. The van der Waals surface area contributed by atoms with Gasteiger partial charge in [-0.1, -0.05) is 11.6 Å². The smallest absolute Gasteiger partial charge is 0.426 e. The number of nitrogens with one attached hydrogen (secondary N) is 2. The summed E-state index contributed by atoms with van der Waals surface area (Å²) in [7, 11) is 1.96. The highest BCUT2D eigenvalue weighted by atomic mass is 35.5. The van der Waals surface area contributed by atoms with E-state index < -0.39 is 6.09 Å². The first-order valence-corrected chi connectivity index (χ1v) is 12.8. The van der Waals surface area contributed by atoms with Crippen molar-refractivity contribution in [2.24, 2.45) is 0 Å². The number of ether oxygens (including phenoxy) is 2. The van der Waals surface area contributed by atoms with Crippen LogP contribution in [0.3, 0.4) is 0 Å². The third-order valence-electron chi connectivity index (χ3n) is 6.78. The van der Waals surface area contributed by atoms with Gasteiger partial charge in [-0.15, -0.1) is 5.06 Å². The summed E-state index contributed by atoms with van der Waals surface area (Å²) in [4.78, 5) is 29.6. The first-order chi connectivity index (χ1) is 18.0. The predicted octanol–water partition coefficient (Wildman–Crippen LogP) is 2.35. The predicted molar refractivity (Wildman–Crippen MR) is 135 cm³/mol. The normalized spacial score (nSPS) is 22.6. The van der Waals surface area contributed by atoms with E-state index in [1.807, 2.05) is 19.3 Å². The molecule has 11 nitrogen and oxygen atoms in total. The van der Waals surface area contributed by atoms with Gasteiger partial charge in [-0.3, -0.25) is 0 Å². The minimum atomic E-state index is -0.537. The van der Waals surface area contributed by atoms with Crippen LogP contribution in [-0.2, 0) is 22.5 Å². The number of nitrogens with zero attached hydrogens (tertiary/aromatic N) is 5. The van der Waals surface area contributed by atoms with Crippen molar-refractivity contribution >= 4 is 23.6 Å². The average molecular weight is 528 g/mol. The van der Waals surface area contributed by atoms with Crippen molar-refractivity contribution < 1.29 is 19.1 Å². The zero-order valence-corrected chi connectivity index (χ0v) is 21.4. The minimum Gasteiger partial charge on any atom is -0.487 e. The number of likely N-dealkylation sites (tertiary alicyclic amines) is 1. The number of carbonyl (C=O) groups is 1. The molecular weight excluding hydrogens is 498 g/mol. The fraction of sp³-hybridized carbons (Fsp3) is 0.520. The summed E-state index contributed by atoms with van der Waals surface area (Å²) in [6, 6.07) is 7.00. The van der Waals surface area contributed by atoms with Crippen LogP contribution in [0, 0.1) is 11.3 Å². The molecule has 0 saturated carbocycles. The Morgan fingerprint density at radius 3 is 2.92 bits per heavy atom. The molecule has 37 heavy (non-hydrogen) atoms. The van der Waals surface area contributed by atoms with Gasteiger partial charge in [0.05, 0.1) is 28.9 Å². The summed E-state index contributed by atoms with van der Waals surface area (Å²) in [5.74, 6) is 1.13. The second-order valence-corrected chi connectivity index (χ2v) is 9.98. The molecule has 196 valence electrons. The molecule has 0 bridgehead atoms. The molecule has 3 aliphatic rings. The van der Waals surface area contributed by atoms with Gasteiger partial charge in [-0.05, 0) is 44.0 Å². The molecule has 5 rings (SSSR count). The van der Waals surface area contributed by atoms with E-state index >= 15 is 0 Å². The number of aromatic nitrogens is 2. The van der Waals surface area contributed by atoms with Gasteiger partial charge in [-0.25, -0.2) is 14.8 Å². The minimum absolute atomic E-state index is 0.276. The van der Waals surface area contributed by atoms with Crippen LogP contribution in [0.1, 0.15) is 29.7 Å². The van der Waals surface area contributed by atoms with Crippen molar-refractivity contribution in [2.45, 2.75) is 44.0 Å². The van der Waals surface area contributed by atoms with Gasteiger partial charge in [0.2, 0.25) is 5.95 Å². The third kappa shape index (κ3) is 6.40. The molecule has 4 heterocycles. The standard InChI is InChI=1S/C25H30ClN7O4/c1-32-13-22(23(15-32)36-19-3-2-16(11-27)20(26)10-19)31-25(34)37-33-7-4-17-12-28-24(30-21(17)14-33)29-18-5-8-35-9-6-18/h2-3,10,12,18,22-23H,4-9,13-15H2,1H3,(H,31,34)(H,28,29,30). The average Bonchev–Trinajstić information content (AvgIpc) is 3.22. The Kier molecular flexibility index (Phi) is 7.90. The molecule has 2 saturated heterocycles. The van der Waals surface area contributed by atoms with Gasteiger partial charge in [0, 0.05) is 51.2 Å². The molecular formula is C25H30ClN7O4. The fourth-order valence-electron chi connectivity index (χ4n) is 4.80. The van der Waals surface area contributed by atoms with Gasteiger partial charge < -0.3 is 29.8 Å². The molecule has 0 spiro atoms. The number of fused-ring (bicyclic) bond motifs is 1. The zero-order chi connectivity index (χ0) is 25.8. The molecule has 1 aromatic heterocycles. The van der Waals surface area contributed by atoms with Gasteiger partial charge >= 0.3 is 6.09 Å². The van der Waals surface area contributed by atoms with E-state index in [0.29, 0.717) is 60.9 Å². The van der Waals surface area contributed by atoms with E-state index in [4.69, 9.17) is 31.2 Å². The summed E-state index contributed by atoms with van der Waals surface area (Å²) in [6.07, 6.45) is 3.56. The molecule has 0 radical (unpaired) electrons. The lowest BCUT2D eigenvalue weighted by Gasteiger charge is -2.28. The first kappa shape index (κ1) is 25.5. The summed E-state index contributed by atoms with van der Waals surface area (Å²) < 4.78 is 11.5. The molecule has 0 aliphatic carbocycles. The van der Waals surface area contributed by atoms with Crippen LogP contribution < -0.4 is 15.4 Å². The van der Waals surface area contributed by atoms with E-state index in [1.165, 1.54) is 0 Å².